The molecule has 3 N–H and O–H groups in total. The van der Waals surface area contributed by atoms with E-state index in [1.54, 1.807) is 0 Å². The van der Waals surface area contributed by atoms with Gasteiger partial charge in [-0.1, -0.05) is 18.2 Å². The predicted molar refractivity (Wildman–Crippen MR) is 73.2 cm³/mol. The summed E-state index contributed by atoms with van der Waals surface area (Å²) in [5.74, 6) is 0.643. The molecule has 1 unspecified atom stereocenters. The Bertz CT molecular complexity index is 381. The standard InChI is InChI=1S/C14H22N2O3/c17-10-12-3-1-2-4-14(12)19-11-13(18)9-16-7-5-15-6-8-16/h1-4,13,15,17-18H,5-11H2. The quantitative estimate of drug-likeness (QED) is 0.667. The first-order valence-electron chi connectivity index (χ1n) is 6.72. The van der Waals surface area contributed by atoms with Crippen molar-refractivity contribution in [3.63, 3.8) is 0 Å². The normalized spacial score (nSPS) is 18.2. The van der Waals surface area contributed by atoms with Crippen LogP contribution in [0.4, 0.5) is 0 Å². The average Bonchev–Trinajstić information content (AvgIpc) is 2.46. The molecule has 2 rings (SSSR count). The van der Waals surface area contributed by atoms with Crippen LogP contribution in [-0.4, -0.2) is 60.5 Å². The largest absolute Gasteiger partial charge is 0.490 e. The van der Waals surface area contributed by atoms with E-state index in [0.29, 0.717) is 12.3 Å². The molecule has 5 nitrogen and oxygen atoms in total. The minimum atomic E-state index is -0.509. The summed E-state index contributed by atoms with van der Waals surface area (Å²) in [5.41, 5.74) is 0.747. The molecular formula is C14H22N2O3. The molecule has 1 atom stereocenters. The van der Waals surface area contributed by atoms with Crippen molar-refractivity contribution in [2.45, 2.75) is 12.7 Å². The fourth-order valence-corrected chi connectivity index (χ4v) is 2.21. The number of benzene rings is 1. The zero-order valence-corrected chi connectivity index (χ0v) is 11.1. The number of rotatable bonds is 6. The van der Waals surface area contributed by atoms with Crippen LogP contribution in [-0.2, 0) is 6.61 Å². The van der Waals surface area contributed by atoms with Gasteiger partial charge < -0.3 is 20.3 Å². The van der Waals surface area contributed by atoms with Crippen molar-refractivity contribution in [1.82, 2.24) is 10.2 Å². The first-order chi connectivity index (χ1) is 9.29. The molecule has 19 heavy (non-hydrogen) atoms. The maximum atomic E-state index is 9.98. The molecule has 0 spiro atoms. The van der Waals surface area contributed by atoms with Gasteiger partial charge in [0.05, 0.1) is 6.61 Å². The molecule has 1 aliphatic rings. The van der Waals surface area contributed by atoms with Crippen LogP contribution in [0.15, 0.2) is 24.3 Å². The van der Waals surface area contributed by atoms with E-state index in [0.717, 1.165) is 31.7 Å². The number of hydrogen-bond donors (Lipinski definition) is 3. The van der Waals surface area contributed by atoms with Crippen LogP contribution < -0.4 is 10.1 Å². The first-order valence-corrected chi connectivity index (χ1v) is 6.72. The van der Waals surface area contributed by atoms with Crippen LogP contribution in [0.2, 0.25) is 0 Å². The molecule has 0 bridgehead atoms. The molecule has 1 saturated heterocycles. The maximum Gasteiger partial charge on any atom is 0.124 e. The van der Waals surface area contributed by atoms with Gasteiger partial charge in [-0.05, 0) is 6.07 Å². The number of aliphatic hydroxyl groups excluding tert-OH is 2. The van der Waals surface area contributed by atoms with Gasteiger partial charge in [-0.15, -0.1) is 0 Å². The number of ether oxygens (including phenoxy) is 1. The minimum Gasteiger partial charge on any atom is -0.490 e. The highest BCUT2D eigenvalue weighted by molar-refractivity contribution is 5.32. The third-order valence-electron chi connectivity index (χ3n) is 3.25. The lowest BCUT2D eigenvalue weighted by Crippen LogP contribution is -2.47. The van der Waals surface area contributed by atoms with Gasteiger partial charge in [-0.3, -0.25) is 4.90 Å². The van der Waals surface area contributed by atoms with Gasteiger partial charge in [-0.25, -0.2) is 0 Å². The smallest absolute Gasteiger partial charge is 0.124 e. The van der Waals surface area contributed by atoms with E-state index in [1.807, 2.05) is 24.3 Å². The minimum absolute atomic E-state index is 0.0515. The summed E-state index contributed by atoms with van der Waals surface area (Å²) < 4.78 is 5.58. The summed E-state index contributed by atoms with van der Waals surface area (Å²) >= 11 is 0. The highest BCUT2D eigenvalue weighted by atomic mass is 16.5. The first kappa shape index (κ1) is 14.3. The Balaban J connectivity index is 1.77. The summed E-state index contributed by atoms with van der Waals surface area (Å²) in [6.07, 6.45) is -0.509. The zero-order valence-electron chi connectivity index (χ0n) is 11.1. The van der Waals surface area contributed by atoms with Gasteiger partial charge in [0.25, 0.3) is 0 Å². The third-order valence-corrected chi connectivity index (χ3v) is 3.25. The molecule has 5 heteroatoms. The van der Waals surface area contributed by atoms with Gasteiger partial charge in [0, 0.05) is 38.3 Å². The molecule has 0 amide bonds. The second kappa shape index (κ2) is 7.45. The lowest BCUT2D eigenvalue weighted by molar-refractivity contribution is 0.0633. The van der Waals surface area contributed by atoms with E-state index in [1.165, 1.54) is 0 Å². The maximum absolute atomic E-state index is 9.98. The third kappa shape index (κ3) is 4.47. The van der Waals surface area contributed by atoms with Crippen LogP contribution >= 0.6 is 0 Å². The molecule has 106 valence electrons. The van der Waals surface area contributed by atoms with E-state index in [4.69, 9.17) is 4.74 Å². The number of aliphatic hydroxyl groups is 2. The van der Waals surface area contributed by atoms with Gasteiger partial charge in [-0.2, -0.15) is 0 Å². The molecule has 1 aromatic rings. The number of nitrogens with one attached hydrogen (secondary N) is 1. The van der Waals surface area contributed by atoms with E-state index >= 15 is 0 Å². The fourth-order valence-electron chi connectivity index (χ4n) is 2.21. The van der Waals surface area contributed by atoms with Crippen molar-refractivity contribution in [2.75, 3.05) is 39.3 Å². The second-order valence-electron chi connectivity index (χ2n) is 4.78. The molecule has 1 heterocycles. The Morgan fingerprint density at radius 1 is 1.26 bits per heavy atom. The second-order valence-corrected chi connectivity index (χ2v) is 4.78. The van der Waals surface area contributed by atoms with Crippen LogP contribution in [0.3, 0.4) is 0 Å². The highest BCUT2D eigenvalue weighted by Gasteiger charge is 2.15. The highest BCUT2D eigenvalue weighted by Crippen LogP contribution is 2.17. The Kier molecular flexibility index (Phi) is 5.60. The SMILES string of the molecule is OCc1ccccc1OCC(O)CN1CCNCC1. The fraction of sp³-hybridized carbons (Fsp3) is 0.571. The van der Waals surface area contributed by atoms with Crippen LogP contribution in [0.5, 0.6) is 5.75 Å². The Labute approximate surface area is 113 Å². The summed E-state index contributed by atoms with van der Waals surface area (Å²) in [4.78, 5) is 2.22. The Morgan fingerprint density at radius 2 is 2.00 bits per heavy atom. The summed E-state index contributed by atoms with van der Waals surface area (Å²) in [6, 6.07) is 7.34. The van der Waals surface area contributed by atoms with Gasteiger partial charge >= 0.3 is 0 Å². The van der Waals surface area contributed by atoms with Crippen LogP contribution in [0.1, 0.15) is 5.56 Å². The van der Waals surface area contributed by atoms with Crippen LogP contribution in [0, 0.1) is 0 Å². The number of β-amino-alcohol motifs (C(OH)–C–C–N with tert-alkyl or cyclic N) is 1. The Hall–Kier alpha value is -1.14. The predicted octanol–water partition coefficient (Wildman–Crippen LogP) is -0.176. The topological polar surface area (TPSA) is 65.0 Å². The van der Waals surface area contributed by atoms with Gasteiger partial charge in [0.1, 0.15) is 18.5 Å². The number of hydrogen-bond acceptors (Lipinski definition) is 5. The van der Waals surface area contributed by atoms with Crippen molar-refractivity contribution in [3.8, 4) is 5.75 Å². The van der Waals surface area contributed by atoms with E-state index < -0.39 is 6.10 Å². The molecule has 0 radical (unpaired) electrons. The van der Waals surface area contributed by atoms with E-state index in [9.17, 15) is 10.2 Å². The number of para-hydroxylation sites is 1. The lowest BCUT2D eigenvalue weighted by Gasteiger charge is -2.29. The summed E-state index contributed by atoms with van der Waals surface area (Å²) in [6.45, 7) is 4.70. The van der Waals surface area contributed by atoms with Crippen molar-refractivity contribution in [1.29, 1.82) is 0 Å². The molecular weight excluding hydrogens is 244 g/mol. The van der Waals surface area contributed by atoms with Crippen molar-refractivity contribution in [2.24, 2.45) is 0 Å². The number of piperazine rings is 1. The molecule has 0 saturated carbocycles. The van der Waals surface area contributed by atoms with E-state index in [2.05, 4.69) is 10.2 Å². The lowest BCUT2D eigenvalue weighted by atomic mass is 10.2. The molecule has 1 aliphatic heterocycles. The number of nitrogens with zero attached hydrogens (tertiary/aromatic N) is 1. The average molecular weight is 266 g/mol. The zero-order chi connectivity index (χ0) is 13.5. The van der Waals surface area contributed by atoms with Gasteiger partial charge in [0.2, 0.25) is 0 Å². The molecule has 0 aliphatic carbocycles. The van der Waals surface area contributed by atoms with Crippen molar-refractivity contribution >= 4 is 0 Å². The van der Waals surface area contributed by atoms with Gasteiger partial charge in [0.15, 0.2) is 0 Å². The molecule has 0 aromatic heterocycles. The molecule has 1 aromatic carbocycles. The molecule has 1 fully saturated rings. The Morgan fingerprint density at radius 3 is 2.74 bits per heavy atom. The van der Waals surface area contributed by atoms with E-state index in [-0.39, 0.29) is 13.2 Å². The monoisotopic (exact) mass is 266 g/mol. The summed E-state index contributed by atoms with van der Waals surface area (Å²) in [5, 5.41) is 22.4. The van der Waals surface area contributed by atoms with Crippen molar-refractivity contribution in [3.05, 3.63) is 29.8 Å². The van der Waals surface area contributed by atoms with Crippen LogP contribution in [0.25, 0.3) is 0 Å². The van der Waals surface area contributed by atoms with Crippen molar-refractivity contribution < 1.29 is 14.9 Å². The summed E-state index contributed by atoms with van der Waals surface area (Å²) in [7, 11) is 0.